The van der Waals surface area contributed by atoms with Gasteiger partial charge in [-0.3, -0.25) is 0 Å². The molecule has 35 heavy (non-hydrogen) atoms. The SMILES string of the molecule is CCCO[Si](OCCC)(O[Si](c1ccccc1)(c1ccccc1)c1ccccc1)c1ccccc1. The fourth-order valence-corrected chi connectivity index (χ4v) is 13.3. The third-order valence-corrected chi connectivity index (χ3v) is 13.9. The molecule has 0 aliphatic heterocycles. The van der Waals surface area contributed by atoms with Gasteiger partial charge in [-0.1, -0.05) is 135 Å². The van der Waals surface area contributed by atoms with Crippen LogP contribution in [0.15, 0.2) is 121 Å². The van der Waals surface area contributed by atoms with Gasteiger partial charge in [-0.15, -0.1) is 0 Å². The molecule has 0 heterocycles. The van der Waals surface area contributed by atoms with Gasteiger partial charge in [0.2, 0.25) is 0 Å². The zero-order chi connectivity index (χ0) is 24.4. The minimum Gasteiger partial charge on any atom is -0.400 e. The molecular formula is C30H34O3Si2. The number of rotatable bonds is 12. The van der Waals surface area contributed by atoms with Gasteiger partial charge >= 0.3 is 8.80 Å². The highest BCUT2D eigenvalue weighted by Crippen LogP contribution is 2.20. The van der Waals surface area contributed by atoms with E-state index in [1.54, 1.807) is 0 Å². The van der Waals surface area contributed by atoms with Gasteiger partial charge in [0.05, 0.1) is 0 Å². The van der Waals surface area contributed by atoms with Crippen molar-refractivity contribution in [3.8, 4) is 0 Å². The van der Waals surface area contributed by atoms with E-state index in [9.17, 15) is 0 Å². The predicted molar refractivity (Wildman–Crippen MR) is 149 cm³/mol. The highest BCUT2D eigenvalue weighted by Gasteiger charge is 2.54. The van der Waals surface area contributed by atoms with Gasteiger partial charge in [-0.05, 0) is 28.4 Å². The smallest absolute Gasteiger partial charge is 0.400 e. The Bertz CT molecular complexity index is 1030. The first-order valence-corrected chi connectivity index (χ1v) is 16.1. The van der Waals surface area contributed by atoms with Crippen LogP contribution in [0.3, 0.4) is 0 Å². The Hall–Kier alpha value is -2.81. The van der Waals surface area contributed by atoms with Gasteiger partial charge in [-0.2, -0.15) is 0 Å². The van der Waals surface area contributed by atoms with Crippen LogP contribution < -0.4 is 20.7 Å². The van der Waals surface area contributed by atoms with Gasteiger partial charge in [0.15, 0.2) is 0 Å². The Kier molecular flexibility index (Phi) is 8.85. The number of hydrogen-bond donors (Lipinski definition) is 0. The van der Waals surface area contributed by atoms with E-state index in [1.807, 2.05) is 18.2 Å². The van der Waals surface area contributed by atoms with Crippen LogP contribution in [-0.4, -0.2) is 30.3 Å². The molecular weight excluding hydrogens is 464 g/mol. The van der Waals surface area contributed by atoms with Crippen LogP contribution in [0.2, 0.25) is 0 Å². The fourth-order valence-electron chi connectivity index (χ4n) is 4.34. The average molecular weight is 499 g/mol. The average Bonchev–Trinajstić information content (AvgIpc) is 2.95. The summed E-state index contributed by atoms with van der Waals surface area (Å²) in [6.07, 6.45) is 1.77. The minimum absolute atomic E-state index is 0.577. The maximum absolute atomic E-state index is 7.61. The molecule has 0 bridgehead atoms. The highest BCUT2D eigenvalue weighted by atomic mass is 28.5. The van der Waals surface area contributed by atoms with Crippen molar-refractivity contribution in [3.05, 3.63) is 121 Å². The molecule has 0 saturated carbocycles. The summed E-state index contributed by atoms with van der Waals surface area (Å²) in [5.41, 5.74) is 0. The first-order valence-electron chi connectivity index (χ1n) is 12.5. The van der Waals surface area contributed by atoms with Crippen molar-refractivity contribution in [2.45, 2.75) is 26.7 Å². The molecule has 0 atom stereocenters. The number of benzene rings is 4. The molecule has 5 heteroatoms. The second-order valence-corrected chi connectivity index (χ2v) is 14.7. The Balaban J connectivity index is 2.02. The first kappa shape index (κ1) is 25.3. The molecule has 4 aromatic carbocycles. The van der Waals surface area contributed by atoms with E-state index in [2.05, 4.69) is 117 Å². The molecule has 4 rings (SSSR count). The van der Waals surface area contributed by atoms with E-state index in [4.69, 9.17) is 13.0 Å². The van der Waals surface area contributed by atoms with E-state index < -0.39 is 17.1 Å². The molecule has 3 nitrogen and oxygen atoms in total. The highest BCUT2D eigenvalue weighted by molar-refractivity contribution is 7.10. The molecule has 0 aliphatic carbocycles. The molecule has 0 aliphatic rings. The largest absolute Gasteiger partial charge is 0.527 e. The molecule has 180 valence electrons. The molecule has 0 radical (unpaired) electrons. The van der Waals surface area contributed by atoms with E-state index in [1.165, 1.54) is 15.6 Å². The standard InChI is InChI=1S/C30H34O3Si2/c1-3-25-31-35(32-26-4-2,30-23-15-8-16-24-30)33-34(27-17-9-5-10-18-27,28-19-11-6-12-20-28)29-21-13-7-14-22-29/h5-24H,3-4,25-26H2,1-2H3. The van der Waals surface area contributed by atoms with Crippen molar-refractivity contribution in [1.82, 2.24) is 0 Å². The maximum Gasteiger partial charge on any atom is 0.527 e. The summed E-state index contributed by atoms with van der Waals surface area (Å²) in [6, 6.07) is 42.2. The van der Waals surface area contributed by atoms with Gasteiger partial charge in [0.1, 0.15) is 0 Å². The first-order chi connectivity index (χ1) is 17.2. The molecule has 0 unspecified atom stereocenters. The Morgan fingerprint density at radius 2 is 0.771 bits per heavy atom. The molecule has 0 aromatic heterocycles. The summed E-state index contributed by atoms with van der Waals surface area (Å²) in [4.78, 5) is 0. The van der Waals surface area contributed by atoms with Crippen LogP contribution >= 0.6 is 0 Å². The summed E-state index contributed by atoms with van der Waals surface area (Å²) in [6.45, 7) is 5.40. The van der Waals surface area contributed by atoms with Crippen LogP contribution in [0.5, 0.6) is 0 Å². The van der Waals surface area contributed by atoms with Gasteiger partial charge < -0.3 is 13.0 Å². The molecule has 0 amide bonds. The van der Waals surface area contributed by atoms with Crippen LogP contribution in [0.25, 0.3) is 0 Å². The van der Waals surface area contributed by atoms with Crippen LogP contribution in [0.4, 0.5) is 0 Å². The fraction of sp³-hybridized carbons (Fsp3) is 0.200. The third kappa shape index (κ3) is 5.55. The van der Waals surface area contributed by atoms with Crippen molar-refractivity contribution in [2.24, 2.45) is 0 Å². The maximum atomic E-state index is 7.61. The van der Waals surface area contributed by atoms with Crippen molar-refractivity contribution >= 4 is 37.9 Å². The lowest BCUT2D eigenvalue weighted by molar-refractivity contribution is 0.119. The van der Waals surface area contributed by atoms with Gasteiger partial charge in [0, 0.05) is 18.4 Å². The van der Waals surface area contributed by atoms with E-state index in [0.29, 0.717) is 13.2 Å². The van der Waals surface area contributed by atoms with Crippen LogP contribution in [-0.2, 0) is 13.0 Å². The lowest BCUT2D eigenvalue weighted by atomic mass is 10.3. The van der Waals surface area contributed by atoms with Crippen LogP contribution in [0.1, 0.15) is 26.7 Å². The lowest BCUT2D eigenvalue weighted by Crippen LogP contribution is -2.76. The van der Waals surface area contributed by atoms with E-state index >= 15 is 0 Å². The summed E-state index contributed by atoms with van der Waals surface area (Å²) in [5.74, 6) is 0. The Labute approximate surface area is 211 Å². The summed E-state index contributed by atoms with van der Waals surface area (Å²) in [7, 11) is -6.37. The summed E-state index contributed by atoms with van der Waals surface area (Å²) < 4.78 is 21.0. The summed E-state index contributed by atoms with van der Waals surface area (Å²) in [5, 5.41) is 4.52. The summed E-state index contributed by atoms with van der Waals surface area (Å²) >= 11 is 0. The van der Waals surface area contributed by atoms with Crippen molar-refractivity contribution in [3.63, 3.8) is 0 Å². The van der Waals surface area contributed by atoms with E-state index in [0.717, 1.165) is 18.0 Å². The monoisotopic (exact) mass is 498 g/mol. The molecule has 0 saturated heterocycles. The quantitative estimate of drug-likeness (QED) is 0.214. The minimum atomic E-state index is -3.34. The van der Waals surface area contributed by atoms with Crippen LogP contribution in [0, 0.1) is 0 Å². The van der Waals surface area contributed by atoms with Gasteiger partial charge in [0.25, 0.3) is 8.32 Å². The molecule has 0 spiro atoms. The molecule has 4 aromatic rings. The van der Waals surface area contributed by atoms with Crippen molar-refractivity contribution < 1.29 is 13.0 Å². The number of hydrogen-bond acceptors (Lipinski definition) is 3. The predicted octanol–water partition coefficient (Wildman–Crippen LogP) is 4.37. The topological polar surface area (TPSA) is 27.7 Å². The van der Waals surface area contributed by atoms with Crippen molar-refractivity contribution in [1.29, 1.82) is 0 Å². The normalized spacial score (nSPS) is 11.9. The zero-order valence-corrected chi connectivity index (χ0v) is 22.6. The zero-order valence-electron chi connectivity index (χ0n) is 20.6. The van der Waals surface area contributed by atoms with Gasteiger partial charge in [-0.25, -0.2) is 0 Å². The van der Waals surface area contributed by atoms with Crippen molar-refractivity contribution in [2.75, 3.05) is 13.2 Å². The second-order valence-electron chi connectivity index (χ2n) is 8.50. The second kappa shape index (κ2) is 12.2. The third-order valence-electron chi connectivity index (χ3n) is 5.95. The molecule has 0 fully saturated rings. The lowest BCUT2D eigenvalue weighted by Gasteiger charge is -2.41. The Morgan fingerprint density at radius 3 is 1.09 bits per heavy atom. The van der Waals surface area contributed by atoms with E-state index in [-0.39, 0.29) is 0 Å². The Morgan fingerprint density at radius 1 is 0.457 bits per heavy atom. The molecule has 0 N–H and O–H groups in total.